The van der Waals surface area contributed by atoms with Gasteiger partial charge in [0.05, 0.1) is 22.4 Å². The van der Waals surface area contributed by atoms with Gasteiger partial charge in [0.15, 0.2) is 0 Å². The SMILES string of the molecule is CC1(C)CNc2ccc(C(F)(F)F)cc2NC1=O. The van der Waals surface area contributed by atoms with Crippen LogP contribution in [0.1, 0.15) is 19.4 Å². The van der Waals surface area contributed by atoms with Crippen molar-refractivity contribution < 1.29 is 18.0 Å². The van der Waals surface area contributed by atoms with Gasteiger partial charge in [-0.15, -0.1) is 0 Å². The van der Waals surface area contributed by atoms with Crippen molar-refractivity contribution in [2.45, 2.75) is 20.0 Å². The summed E-state index contributed by atoms with van der Waals surface area (Å²) in [6.07, 6.45) is -4.42. The number of alkyl halides is 3. The predicted octanol–water partition coefficient (Wildman–Crippen LogP) is 3.10. The minimum Gasteiger partial charge on any atom is -0.382 e. The van der Waals surface area contributed by atoms with E-state index in [0.29, 0.717) is 12.2 Å². The van der Waals surface area contributed by atoms with Crippen LogP contribution in [0.2, 0.25) is 0 Å². The molecule has 1 amide bonds. The summed E-state index contributed by atoms with van der Waals surface area (Å²) in [6, 6.07) is 3.28. The van der Waals surface area contributed by atoms with Crippen LogP contribution in [0.3, 0.4) is 0 Å². The lowest BCUT2D eigenvalue weighted by atomic mass is 9.93. The van der Waals surface area contributed by atoms with E-state index in [9.17, 15) is 18.0 Å². The monoisotopic (exact) mass is 258 g/mol. The first kappa shape index (κ1) is 12.7. The smallest absolute Gasteiger partial charge is 0.382 e. The molecule has 2 rings (SSSR count). The number of halogens is 3. The van der Waals surface area contributed by atoms with E-state index in [1.807, 2.05) is 0 Å². The molecule has 1 aromatic rings. The number of hydrogen-bond acceptors (Lipinski definition) is 2. The molecule has 18 heavy (non-hydrogen) atoms. The summed E-state index contributed by atoms with van der Waals surface area (Å²) in [5.74, 6) is -0.298. The van der Waals surface area contributed by atoms with Crippen LogP contribution in [0.15, 0.2) is 18.2 Å². The Morgan fingerprint density at radius 1 is 1.22 bits per heavy atom. The van der Waals surface area contributed by atoms with Gasteiger partial charge >= 0.3 is 6.18 Å². The van der Waals surface area contributed by atoms with Gasteiger partial charge < -0.3 is 10.6 Å². The zero-order chi connectivity index (χ0) is 13.6. The molecule has 0 radical (unpaired) electrons. The first-order chi connectivity index (χ1) is 8.20. The molecule has 0 fully saturated rings. The Hall–Kier alpha value is -1.72. The highest BCUT2D eigenvalue weighted by Gasteiger charge is 2.34. The third kappa shape index (κ3) is 2.27. The van der Waals surface area contributed by atoms with E-state index in [4.69, 9.17) is 0 Å². The van der Waals surface area contributed by atoms with Crippen molar-refractivity contribution in [3.63, 3.8) is 0 Å². The third-order valence-electron chi connectivity index (χ3n) is 2.93. The summed E-state index contributed by atoms with van der Waals surface area (Å²) >= 11 is 0. The Morgan fingerprint density at radius 3 is 2.50 bits per heavy atom. The van der Waals surface area contributed by atoms with Crippen molar-refractivity contribution in [3.8, 4) is 0 Å². The fourth-order valence-electron chi connectivity index (χ4n) is 1.67. The van der Waals surface area contributed by atoms with Crippen LogP contribution in [-0.2, 0) is 11.0 Å². The maximum atomic E-state index is 12.6. The van der Waals surface area contributed by atoms with E-state index in [1.165, 1.54) is 6.07 Å². The van der Waals surface area contributed by atoms with E-state index >= 15 is 0 Å². The average Bonchev–Trinajstić information content (AvgIpc) is 2.35. The lowest BCUT2D eigenvalue weighted by Gasteiger charge is -2.19. The molecule has 6 heteroatoms. The van der Waals surface area contributed by atoms with Crippen molar-refractivity contribution >= 4 is 17.3 Å². The second kappa shape index (κ2) is 3.90. The molecule has 1 aliphatic rings. The molecule has 1 aliphatic heterocycles. The van der Waals surface area contributed by atoms with E-state index in [-0.39, 0.29) is 11.6 Å². The maximum absolute atomic E-state index is 12.6. The molecule has 0 bridgehead atoms. The van der Waals surface area contributed by atoms with Gasteiger partial charge in [-0.05, 0) is 32.0 Å². The van der Waals surface area contributed by atoms with Crippen molar-refractivity contribution in [2.75, 3.05) is 17.2 Å². The van der Waals surface area contributed by atoms with E-state index in [1.54, 1.807) is 13.8 Å². The lowest BCUT2D eigenvalue weighted by Crippen LogP contribution is -2.34. The Balaban J connectivity index is 2.41. The van der Waals surface area contributed by atoms with Crippen molar-refractivity contribution in [1.82, 2.24) is 0 Å². The first-order valence-corrected chi connectivity index (χ1v) is 5.47. The van der Waals surface area contributed by atoms with Gasteiger partial charge in [-0.3, -0.25) is 4.79 Å². The number of carbonyl (C=O) groups is 1. The standard InChI is InChI=1S/C12H13F3N2O/c1-11(2)6-16-8-4-3-7(12(13,14)15)5-9(8)17-10(11)18/h3-5,16H,6H2,1-2H3,(H,17,18). The Morgan fingerprint density at radius 2 is 1.89 bits per heavy atom. The molecule has 0 saturated heterocycles. The second-order valence-electron chi connectivity index (χ2n) is 4.95. The number of carbonyl (C=O) groups excluding carboxylic acids is 1. The topological polar surface area (TPSA) is 41.1 Å². The van der Waals surface area contributed by atoms with Crippen molar-refractivity contribution in [1.29, 1.82) is 0 Å². The second-order valence-corrected chi connectivity index (χ2v) is 4.95. The Bertz CT molecular complexity index is 495. The fourth-order valence-corrected chi connectivity index (χ4v) is 1.67. The number of hydrogen-bond donors (Lipinski definition) is 2. The normalized spacial score (nSPS) is 18.4. The highest BCUT2D eigenvalue weighted by atomic mass is 19.4. The molecule has 3 nitrogen and oxygen atoms in total. The molecule has 1 aromatic carbocycles. The van der Waals surface area contributed by atoms with Crippen LogP contribution in [-0.4, -0.2) is 12.5 Å². The number of amides is 1. The van der Waals surface area contributed by atoms with E-state index in [0.717, 1.165) is 12.1 Å². The molecule has 0 saturated carbocycles. The van der Waals surface area contributed by atoms with Crippen LogP contribution in [0.4, 0.5) is 24.5 Å². The van der Waals surface area contributed by atoms with Crippen molar-refractivity contribution in [3.05, 3.63) is 23.8 Å². The van der Waals surface area contributed by atoms with Crippen LogP contribution in [0, 0.1) is 5.41 Å². The van der Waals surface area contributed by atoms with Crippen LogP contribution in [0.5, 0.6) is 0 Å². The largest absolute Gasteiger partial charge is 0.416 e. The van der Waals surface area contributed by atoms with Gasteiger partial charge in [-0.1, -0.05) is 0 Å². The molecule has 0 aliphatic carbocycles. The molecule has 0 unspecified atom stereocenters. The Kier molecular flexibility index (Phi) is 2.76. The number of nitrogens with one attached hydrogen (secondary N) is 2. The van der Waals surface area contributed by atoms with Crippen LogP contribution >= 0.6 is 0 Å². The summed E-state index contributed by atoms with van der Waals surface area (Å²) in [6.45, 7) is 3.83. The zero-order valence-corrected chi connectivity index (χ0v) is 9.98. The van der Waals surface area contributed by atoms with Gasteiger partial charge in [0.1, 0.15) is 0 Å². The molecular weight excluding hydrogens is 245 g/mol. The van der Waals surface area contributed by atoms with Gasteiger partial charge in [0.2, 0.25) is 5.91 Å². The van der Waals surface area contributed by atoms with Gasteiger partial charge in [0, 0.05) is 6.54 Å². The fraction of sp³-hybridized carbons (Fsp3) is 0.417. The van der Waals surface area contributed by atoms with E-state index in [2.05, 4.69) is 10.6 Å². The summed E-state index contributed by atoms with van der Waals surface area (Å²) in [7, 11) is 0. The minimum absolute atomic E-state index is 0.167. The summed E-state index contributed by atoms with van der Waals surface area (Å²) in [5, 5.41) is 5.50. The zero-order valence-electron chi connectivity index (χ0n) is 9.98. The van der Waals surface area contributed by atoms with E-state index < -0.39 is 17.2 Å². The molecule has 2 N–H and O–H groups in total. The average molecular weight is 258 g/mol. The minimum atomic E-state index is -4.42. The highest BCUT2D eigenvalue weighted by Crippen LogP contribution is 2.36. The molecular formula is C12H13F3N2O. The predicted molar refractivity (Wildman–Crippen MR) is 62.3 cm³/mol. The lowest BCUT2D eigenvalue weighted by molar-refractivity contribution is -0.137. The number of benzene rings is 1. The molecule has 1 heterocycles. The summed E-state index contributed by atoms with van der Waals surface area (Å²) in [4.78, 5) is 11.8. The summed E-state index contributed by atoms with van der Waals surface area (Å²) in [5.41, 5.74) is -0.775. The quantitative estimate of drug-likeness (QED) is 0.750. The van der Waals surface area contributed by atoms with Crippen molar-refractivity contribution in [2.24, 2.45) is 5.41 Å². The highest BCUT2D eigenvalue weighted by molar-refractivity contribution is 5.99. The van der Waals surface area contributed by atoms with Gasteiger partial charge in [-0.25, -0.2) is 0 Å². The third-order valence-corrected chi connectivity index (χ3v) is 2.93. The molecule has 0 aromatic heterocycles. The van der Waals surface area contributed by atoms with Crippen LogP contribution < -0.4 is 10.6 Å². The first-order valence-electron chi connectivity index (χ1n) is 5.47. The molecule has 0 spiro atoms. The van der Waals surface area contributed by atoms with Gasteiger partial charge in [0.25, 0.3) is 0 Å². The van der Waals surface area contributed by atoms with Gasteiger partial charge in [-0.2, -0.15) is 13.2 Å². The number of anilines is 2. The maximum Gasteiger partial charge on any atom is 0.416 e. The van der Waals surface area contributed by atoms with Crippen LogP contribution in [0.25, 0.3) is 0 Å². The molecule has 0 atom stereocenters. The number of rotatable bonds is 0. The molecule has 98 valence electrons. The summed E-state index contributed by atoms with van der Waals surface area (Å²) < 4.78 is 37.7. The number of fused-ring (bicyclic) bond motifs is 1. The Labute approximate surface area is 102 Å².